The number of β-amino-alcohol motifs (C(OH)–C–C–N with tert-alkyl or cyclic N) is 1. The van der Waals surface area contributed by atoms with Crippen molar-refractivity contribution in [1.82, 2.24) is 25.4 Å². The molecule has 0 bridgehead atoms. The van der Waals surface area contributed by atoms with E-state index in [4.69, 9.17) is 18.9 Å². The van der Waals surface area contributed by atoms with E-state index >= 15 is 0 Å². The van der Waals surface area contributed by atoms with E-state index < -0.39 is 41.0 Å². The number of aryl methyl sites for hydroxylation is 1. The SMILES string of the molecule is Cc1ncsc1-c1ccc([C@H](C)NC(=O)[C@@H]2C[C@@H](O)CN2C(=O)[C@@H](NC(=O)COCCOCCOC2CCN(C(=O)OC(C)(C)C)CC2)C(C)(C)C)cc1. The normalized spacial score (nSPS) is 19.4. The largest absolute Gasteiger partial charge is 0.444 e. The predicted molar refractivity (Wildman–Crippen MR) is 205 cm³/mol. The zero-order valence-corrected chi connectivity index (χ0v) is 33.8. The van der Waals surface area contributed by atoms with E-state index in [0.717, 1.165) is 34.5 Å². The Morgan fingerprint density at radius 2 is 1.61 bits per heavy atom. The van der Waals surface area contributed by atoms with Crippen molar-refractivity contribution < 1.29 is 43.2 Å². The maximum Gasteiger partial charge on any atom is 0.410 e. The summed E-state index contributed by atoms with van der Waals surface area (Å²) in [6.07, 6.45) is 0.427. The molecule has 4 rings (SSSR count). The Balaban J connectivity index is 1.17. The number of carbonyl (C=O) groups excluding carboxylic acids is 4. The molecule has 0 saturated carbocycles. The van der Waals surface area contributed by atoms with Gasteiger partial charge in [0.25, 0.3) is 0 Å². The molecule has 1 aromatic carbocycles. The number of rotatable bonds is 15. The van der Waals surface area contributed by atoms with Crippen LogP contribution < -0.4 is 10.6 Å². The monoisotopic (exact) mass is 773 g/mol. The first kappa shape index (κ1) is 43.1. The van der Waals surface area contributed by atoms with Gasteiger partial charge in [0, 0.05) is 26.1 Å². The fraction of sp³-hybridized carbons (Fsp3) is 0.667. The summed E-state index contributed by atoms with van der Waals surface area (Å²) in [5.74, 6) is -1.29. The zero-order chi connectivity index (χ0) is 39.6. The summed E-state index contributed by atoms with van der Waals surface area (Å²) in [4.78, 5) is 61.1. The van der Waals surface area contributed by atoms with Gasteiger partial charge in [-0.1, -0.05) is 45.0 Å². The quantitative estimate of drug-likeness (QED) is 0.223. The predicted octanol–water partition coefficient (Wildman–Crippen LogP) is 4.24. The van der Waals surface area contributed by atoms with Crippen LogP contribution in [0.25, 0.3) is 10.4 Å². The Hall–Kier alpha value is -3.63. The van der Waals surface area contributed by atoms with Crippen molar-refractivity contribution in [2.24, 2.45) is 5.41 Å². The number of ether oxygens (including phenoxy) is 4. The summed E-state index contributed by atoms with van der Waals surface area (Å²) in [5.41, 5.74) is 3.51. The molecule has 1 aromatic heterocycles. The van der Waals surface area contributed by atoms with Crippen molar-refractivity contribution in [3.05, 3.63) is 41.0 Å². The molecule has 3 N–H and O–H groups in total. The van der Waals surface area contributed by atoms with E-state index in [1.165, 1.54) is 4.90 Å². The highest BCUT2D eigenvalue weighted by Gasteiger charge is 2.44. The first-order chi connectivity index (χ1) is 25.4. The van der Waals surface area contributed by atoms with Gasteiger partial charge in [-0.15, -0.1) is 11.3 Å². The molecule has 4 amide bonds. The second-order valence-electron chi connectivity index (χ2n) is 16.1. The molecule has 2 fully saturated rings. The lowest BCUT2D eigenvalue weighted by Gasteiger charge is -2.35. The molecule has 2 saturated heterocycles. The fourth-order valence-electron chi connectivity index (χ4n) is 6.41. The van der Waals surface area contributed by atoms with Crippen molar-refractivity contribution in [2.45, 2.75) is 111 Å². The lowest BCUT2D eigenvalue weighted by molar-refractivity contribution is -0.144. The Kier molecular flexibility index (Phi) is 15.4. The second kappa shape index (κ2) is 19.3. The van der Waals surface area contributed by atoms with E-state index in [1.54, 1.807) is 16.2 Å². The van der Waals surface area contributed by atoms with Crippen molar-refractivity contribution in [3.8, 4) is 10.4 Å². The number of aromatic nitrogens is 1. The van der Waals surface area contributed by atoms with Crippen molar-refractivity contribution in [2.75, 3.05) is 52.7 Å². The molecule has 0 spiro atoms. The number of benzene rings is 1. The van der Waals surface area contributed by atoms with Crippen LogP contribution in [0.15, 0.2) is 29.8 Å². The third kappa shape index (κ3) is 12.7. The molecule has 2 aliphatic rings. The first-order valence-corrected chi connectivity index (χ1v) is 19.6. The highest BCUT2D eigenvalue weighted by atomic mass is 32.1. The Labute approximate surface area is 323 Å². The number of nitrogens with zero attached hydrogens (tertiary/aromatic N) is 3. The number of aliphatic hydroxyl groups excluding tert-OH is 1. The smallest absolute Gasteiger partial charge is 0.410 e. The minimum atomic E-state index is -0.959. The van der Waals surface area contributed by atoms with Crippen molar-refractivity contribution in [3.63, 3.8) is 0 Å². The second-order valence-corrected chi connectivity index (χ2v) is 16.9. The first-order valence-electron chi connectivity index (χ1n) is 18.8. The van der Waals surface area contributed by atoms with E-state index in [-0.39, 0.29) is 56.9 Å². The molecule has 54 heavy (non-hydrogen) atoms. The van der Waals surface area contributed by atoms with Crippen LogP contribution >= 0.6 is 11.3 Å². The summed E-state index contributed by atoms with van der Waals surface area (Å²) in [5, 5.41) is 16.4. The number of carbonyl (C=O) groups is 4. The van der Waals surface area contributed by atoms with Crippen LogP contribution in [0.1, 0.15) is 85.0 Å². The molecule has 4 atom stereocenters. The summed E-state index contributed by atoms with van der Waals surface area (Å²) in [7, 11) is 0. The Bertz CT molecular complexity index is 1550. The van der Waals surface area contributed by atoms with Gasteiger partial charge in [0.05, 0.1) is 60.8 Å². The van der Waals surface area contributed by atoms with E-state index in [2.05, 4.69) is 15.6 Å². The molecule has 2 aliphatic heterocycles. The average Bonchev–Trinajstić information content (AvgIpc) is 3.72. The van der Waals surface area contributed by atoms with Gasteiger partial charge in [0.2, 0.25) is 17.7 Å². The maximum atomic E-state index is 13.9. The molecule has 15 heteroatoms. The zero-order valence-electron chi connectivity index (χ0n) is 33.0. The maximum absolute atomic E-state index is 13.9. The lowest BCUT2D eigenvalue weighted by Crippen LogP contribution is -2.58. The number of hydrogen-bond donors (Lipinski definition) is 3. The molecule has 2 aromatic rings. The van der Waals surface area contributed by atoms with Crippen LogP contribution in [-0.4, -0.2) is 126 Å². The number of aliphatic hydroxyl groups is 1. The number of amides is 4. The molecule has 0 aliphatic carbocycles. The Morgan fingerprint density at radius 1 is 0.963 bits per heavy atom. The van der Waals surface area contributed by atoms with Crippen LogP contribution in [0, 0.1) is 12.3 Å². The summed E-state index contributed by atoms with van der Waals surface area (Å²) in [6.45, 7) is 16.9. The van der Waals surface area contributed by atoms with Crippen LogP contribution in [-0.2, 0) is 33.3 Å². The van der Waals surface area contributed by atoms with Gasteiger partial charge >= 0.3 is 6.09 Å². The molecule has 14 nitrogen and oxygen atoms in total. The fourth-order valence-corrected chi connectivity index (χ4v) is 7.22. The highest BCUT2D eigenvalue weighted by Crippen LogP contribution is 2.29. The number of likely N-dealkylation sites (tertiary alicyclic amines) is 2. The van der Waals surface area contributed by atoms with Gasteiger partial charge < -0.3 is 44.5 Å². The lowest BCUT2D eigenvalue weighted by atomic mass is 9.85. The minimum absolute atomic E-state index is 0.0144. The van der Waals surface area contributed by atoms with E-state index in [9.17, 15) is 24.3 Å². The third-order valence-corrected chi connectivity index (χ3v) is 10.3. The summed E-state index contributed by atoms with van der Waals surface area (Å²) < 4.78 is 22.4. The summed E-state index contributed by atoms with van der Waals surface area (Å²) >= 11 is 1.57. The average molecular weight is 774 g/mol. The summed E-state index contributed by atoms with van der Waals surface area (Å²) in [6, 6.07) is 5.73. The minimum Gasteiger partial charge on any atom is -0.444 e. The Morgan fingerprint density at radius 3 is 2.22 bits per heavy atom. The molecule has 0 unspecified atom stereocenters. The number of hydrogen-bond acceptors (Lipinski definition) is 11. The molecule has 0 radical (unpaired) electrons. The molecule has 300 valence electrons. The van der Waals surface area contributed by atoms with Crippen molar-refractivity contribution >= 4 is 35.2 Å². The topological polar surface area (TPSA) is 169 Å². The van der Waals surface area contributed by atoms with Crippen LogP contribution in [0.2, 0.25) is 0 Å². The third-order valence-electron chi connectivity index (χ3n) is 9.34. The van der Waals surface area contributed by atoms with Crippen LogP contribution in [0.4, 0.5) is 4.79 Å². The molecular weight excluding hydrogens is 715 g/mol. The van der Waals surface area contributed by atoms with Gasteiger partial charge in [0.15, 0.2) is 0 Å². The number of nitrogens with one attached hydrogen (secondary N) is 2. The van der Waals surface area contributed by atoms with E-state index in [0.29, 0.717) is 26.3 Å². The van der Waals surface area contributed by atoms with Crippen LogP contribution in [0.3, 0.4) is 0 Å². The van der Waals surface area contributed by atoms with Gasteiger partial charge in [-0.25, -0.2) is 9.78 Å². The number of thiazole rings is 1. The van der Waals surface area contributed by atoms with Gasteiger partial charge in [-0.3, -0.25) is 14.4 Å². The highest BCUT2D eigenvalue weighted by molar-refractivity contribution is 7.13. The van der Waals surface area contributed by atoms with Crippen LogP contribution in [0.5, 0.6) is 0 Å². The van der Waals surface area contributed by atoms with Gasteiger partial charge in [-0.2, -0.15) is 0 Å². The standard InChI is InChI=1S/C39H59N5O9S/c1-25(27-9-11-28(12-10-27)33-26(2)40-24-54-33)41-35(47)31-21-29(45)22-44(31)36(48)34(38(3,4)5)42-32(46)23-51-18-17-50-19-20-52-30-13-15-43(16-14-30)37(49)53-39(6,7)8/h9-12,24-25,29-31,34,45H,13-23H2,1-8H3,(H,41,47)(H,42,46)/t25-,29+,31-,34+/m0/s1. The van der Waals surface area contributed by atoms with Gasteiger partial charge in [-0.05, 0) is 64.0 Å². The number of piperidine rings is 1. The molecule has 3 heterocycles. The van der Waals surface area contributed by atoms with E-state index in [1.807, 2.05) is 85.2 Å². The van der Waals surface area contributed by atoms with Gasteiger partial charge in [0.1, 0.15) is 24.3 Å². The van der Waals surface area contributed by atoms with Crippen molar-refractivity contribution in [1.29, 1.82) is 0 Å². The molecular formula is C39H59N5O9S.